The Kier molecular flexibility index (Phi) is 3.72. The van der Waals surface area contributed by atoms with Gasteiger partial charge < -0.3 is 10.1 Å². The molecule has 1 N–H and O–H groups in total. The van der Waals surface area contributed by atoms with Crippen molar-refractivity contribution < 1.29 is 9.53 Å². The third-order valence-corrected chi connectivity index (χ3v) is 4.61. The number of hydrogen-bond acceptors (Lipinski definition) is 3. The van der Waals surface area contributed by atoms with Gasteiger partial charge in [-0.25, -0.2) is 0 Å². The lowest BCUT2D eigenvalue weighted by atomic mass is 9.59. The monoisotopic (exact) mass is 267 g/mol. The van der Waals surface area contributed by atoms with E-state index in [-0.39, 0.29) is 22.9 Å². The highest BCUT2D eigenvalue weighted by Crippen LogP contribution is 2.52. The highest BCUT2D eigenvalue weighted by atomic mass is 16.6. The van der Waals surface area contributed by atoms with Crippen LogP contribution < -0.4 is 5.32 Å². The third-order valence-electron chi connectivity index (χ3n) is 4.61. The molecule has 0 aromatic carbocycles. The lowest BCUT2D eigenvalue weighted by molar-refractivity contribution is -0.164. The Hall–Kier alpha value is -0.570. The SMILES string of the molecule is CC1(C)CCCC2(CNCC2C(=O)OC(C)(C)C)C1. The van der Waals surface area contributed by atoms with E-state index in [0.29, 0.717) is 5.41 Å². The summed E-state index contributed by atoms with van der Waals surface area (Å²) >= 11 is 0. The van der Waals surface area contributed by atoms with Crippen LogP contribution in [0.5, 0.6) is 0 Å². The van der Waals surface area contributed by atoms with Gasteiger partial charge in [0.05, 0.1) is 5.92 Å². The first-order valence-electron chi connectivity index (χ1n) is 7.57. The van der Waals surface area contributed by atoms with E-state index >= 15 is 0 Å². The molecule has 0 amide bonds. The van der Waals surface area contributed by atoms with E-state index in [4.69, 9.17) is 4.74 Å². The van der Waals surface area contributed by atoms with Crippen molar-refractivity contribution in [1.29, 1.82) is 0 Å². The van der Waals surface area contributed by atoms with Crippen molar-refractivity contribution in [1.82, 2.24) is 5.32 Å². The lowest BCUT2D eigenvalue weighted by Gasteiger charge is -2.45. The molecule has 0 aromatic rings. The summed E-state index contributed by atoms with van der Waals surface area (Å²) in [7, 11) is 0. The first-order chi connectivity index (χ1) is 8.64. The van der Waals surface area contributed by atoms with Gasteiger partial charge in [0.15, 0.2) is 0 Å². The minimum atomic E-state index is -0.384. The summed E-state index contributed by atoms with van der Waals surface area (Å²) in [6.45, 7) is 12.3. The molecule has 1 saturated carbocycles. The Morgan fingerprint density at radius 3 is 2.53 bits per heavy atom. The first-order valence-corrected chi connectivity index (χ1v) is 7.57. The maximum absolute atomic E-state index is 12.5. The van der Waals surface area contributed by atoms with E-state index in [1.165, 1.54) is 12.8 Å². The van der Waals surface area contributed by atoms with Crippen LogP contribution in [0.2, 0.25) is 0 Å². The van der Waals surface area contributed by atoms with Crippen LogP contribution in [-0.2, 0) is 9.53 Å². The standard InChI is InChI=1S/C16H29NO2/c1-14(2,3)19-13(18)12-9-17-11-16(12)8-6-7-15(4,5)10-16/h12,17H,6-11H2,1-5H3. The number of esters is 1. The molecule has 2 atom stereocenters. The van der Waals surface area contributed by atoms with Gasteiger partial charge in [-0.15, -0.1) is 0 Å². The Labute approximate surface area is 117 Å². The smallest absolute Gasteiger partial charge is 0.311 e. The fourth-order valence-corrected chi connectivity index (χ4v) is 4.01. The number of ether oxygens (including phenoxy) is 1. The quantitative estimate of drug-likeness (QED) is 0.742. The Balaban J connectivity index is 2.14. The zero-order valence-corrected chi connectivity index (χ0v) is 13.1. The van der Waals surface area contributed by atoms with Crippen molar-refractivity contribution in [3.05, 3.63) is 0 Å². The van der Waals surface area contributed by atoms with Crippen LogP contribution in [0.3, 0.4) is 0 Å². The molecule has 19 heavy (non-hydrogen) atoms. The molecular weight excluding hydrogens is 238 g/mol. The van der Waals surface area contributed by atoms with Crippen molar-refractivity contribution in [2.45, 2.75) is 65.9 Å². The molecule has 3 heteroatoms. The number of rotatable bonds is 1. The molecule has 0 radical (unpaired) electrons. The van der Waals surface area contributed by atoms with Crippen molar-refractivity contribution in [3.63, 3.8) is 0 Å². The van der Waals surface area contributed by atoms with Gasteiger partial charge in [0.2, 0.25) is 0 Å². The minimum absolute atomic E-state index is 0.00444. The van der Waals surface area contributed by atoms with E-state index in [9.17, 15) is 4.79 Å². The normalized spacial score (nSPS) is 34.5. The van der Waals surface area contributed by atoms with Gasteiger partial charge in [0.25, 0.3) is 0 Å². The molecule has 2 aliphatic rings. The van der Waals surface area contributed by atoms with Crippen LogP contribution in [0.1, 0.15) is 60.3 Å². The van der Waals surface area contributed by atoms with Crippen LogP contribution in [0, 0.1) is 16.7 Å². The van der Waals surface area contributed by atoms with Gasteiger partial charge in [-0.3, -0.25) is 4.79 Å². The summed E-state index contributed by atoms with van der Waals surface area (Å²) < 4.78 is 5.64. The van der Waals surface area contributed by atoms with E-state index in [1.54, 1.807) is 0 Å². The van der Waals surface area contributed by atoms with Gasteiger partial charge in [0, 0.05) is 13.1 Å². The molecular formula is C16H29NO2. The molecule has 2 unspecified atom stereocenters. The molecule has 3 nitrogen and oxygen atoms in total. The molecule has 0 aromatic heterocycles. The zero-order valence-electron chi connectivity index (χ0n) is 13.1. The number of carbonyl (C=O) groups excluding carboxylic acids is 1. The fraction of sp³-hybridized carbons (Fsp3) is 0.938. The summed E-state index contributed by atoms with van der Waals surface area (Å²) in [6, 6.07) is 0. The Morgan fingerprint density at radius 2 is 1.95 bits per heavy atom. The average molecular weight is 267 g/mol. The van der Waals surface area contributed by atoms with Crippen LogP contribution >= 0.6 is 0 Å². The molecule has 1 heterocycles. The predicted molar refractivity (Wildman–Crippen MR) is 76.9 cm³/mol. The van der Waals surface area contributed by atoms with Crippen molar-refractivity contribution in [2.75, 3.05) is 13.1 Å². The number of nitrogens with one attached hydrogen (secondary N) is 1. The van der Waals surface area contributed by atoms with E-state index in [0.717, 1.165) is 25.9 Å². The highest BCUT2D eigenvalue weighted by Gasteiger charge is 2.51. The molecule has 2 fully saturated rings. The molecule has 110 valence electrons. The molecule has 1 spiro atoms. The number of hydrogen-bond donors (Lipinski definition) is 1. The topological polar surface area (TPSA) is 38.3 Å². The second kappa shape index (κ2) is 4.76. The zero-order chi connectivity index (χ0) is 14.3. The lowest BCUT2D eigenvalue weighted by Crippen LogP contribution is -2.43. The summed E-state index contributed by atoms with van der Waals surface area (Å²) in [4.78, 5) is 12.5. The minimum Gasteiger partial charge on any atom is -0.460 e. The van der Waals surface area contributed by atoms with E-state index < -0.39 is 0 Å². The maximum Gasteiger partial charge on any atom is 0.311 e. The fourth-order valence-electron chi connectivity index (χ4n) is 4.01. The second-order valence-corrected chi connectivity index (χ2v) is 8.27. The van der Waals surface area contributed by atoms with Crippen molar-refractivity contribution >= 4 is 5.97 Å². The van der Waals surface area contributed by atoms with Crippen LogP contribution in [0.15, 0.2) is 0 Å². The van der Waals surface area contributed by atoms with Crippen molar-refractivity contribution in [2.24, 2.45) is 16.7 Å². The average Bonchev–Trinajstić information content (AvgIpc) is 2.56. The number of carbonyl (C=O) groups is 1. The molecule has 1 aliphatic heterocycles. The van der Waals surface area contributed by atoms with Gasteiger partial charge in [-0.2, -0.15) is 0 Å². The van der Waals surface area contributed by atoms with E-state index in [1.807, 2.05) is 20.8 Å². The maximum atomic E-state index is 12.5. The second-order valence-electron chi connectivity index (χ2n) is 8.27. The van der Waals surface area contributed by atoms with Gasteiger partial charge in [-0.1, -0.05) is 20.3 Å². The largest absolute Gasteiger partial charge is 0.460 e. The summed E-state index contributed by atoms with van der Waals surface area (Å²) in [6.07, 6.45) is 4.80. The van der Waals surface area contributed by atoms with Crippen LogP contribution in [0.25, 0.3) is 0 Å². The summed E-state index contributed by atoms with van der Waals surface area (Å²) in [5.41, 5.74) is 0.0969. The third kappa shape index (κ3) is 3.31. The molecule has 1 saturated heterocycles. The van der Waals surface area contributed by atoms with Gasteiger partial charge >= 0.3 is 5.97 Å². The molecule has 0 bridgehead atoms. The highest BCUT2D eigenvalue weighted by molar-refractivity contribution is 5.74. The summed E-state index contributed by atoms with van der Waals surface area (Å²) in [5.74, 6) is 0.0292. The van der Waals surface area contributed by atoms with Gasteiger partial charge in [0.1, 0.15) is 5.60 Å². The predicted octanol–water partition coefficient (Wildman–Crippen LogP) is 3.13. The Morgan fingerprint density at radius 1 is 1.26 bits per heavy atom. The summed E-state index contributed by atoms with van der Waals surface area (Å²) in [5, 5.41) is 3.44. The molecule has 1 aliphatic carbocycles. The van der Waals surface area contributed by atoms with E-state index in [2.05, 4.69) is 19.2 Å². The van der Waals surface area contributed by atoms with Crippen LogP contribution in [-0.4, -0.2) is 24.7 Å². The van der Waals surface area contributed by atoms with Gasteiger partial charge in [-0.05, 0) is 50.9 Å². The van der Waals surface area contributed by atoms with Crippen LogP contribution in [0.4, 0.5) is 0 Å². The molecule has 2 rings (SSSR count). The van der Waals surface area contributed by atoms with Crippen molar-refractivity contribution in [3.8, 4) is 0 Å². The Bertz CT molecular complexity index is 356. The first kappa shape index (κ1) is 14.8.